The van der Waals surface area contributed by atoms with Gasteiger partial charge in [-0.25, -0.2) is 0 Å². The average molecular weight is 181 g/mol. The van der Waals surface area contributed by atoms with Gasteiger partial charge in [0.25, 0.3) is 0 Å². The summed E-state index contributed by atoms with van der Waals surface area (Å²) >= 11 is 0. The number of nitrogens with zero attached hydrogens (tertiary/aromatic N) is 2. The van der Waals surface area contributed by atoms with Crippen molar-refractivity contribution in [3.63, 3.8) is 0 Å². The van der Waals surface area contributed by atoms with E-state index in [-0.39, 0.29) is 0 Å². The third-order valence-corrected chi connectivity index (χ3v) is 2.73. The molecule has 1 aromatic heterocycles. The van der Waals surface area contributed by atoms with Crippen molar-refractivity contribution in [2.75, 3.05) is 5.73 Å². The molecule has 0 aliphatic carbocycles. The Morgan fingerprint density at radius 2 is 1.77 bits per heavy atom. The van der Waals surface area contributed by atoms with Crippen LogP contribution in [0.2, 0.25) is 0 Å². The molecule has 0 bridgehead atoms. The number of anilines is 1. The highest BCUT2D eigenvalue weighted by atomic mass is 15.3. The first-order chi connectivity index (χ1) is 5.95. The number of rotatable bonds is 2. The molecular weight excluding hydrogens is 162 g/mol. The monoisotopic (exact) mass is 181 g/mol. The number of aromatic nitrogens is 2. The maximum atomic E-state index is 5.86. The van der Waals surface area contributed by atoms with Crippen LogP contribution in [0.4, 0.5) is 5.69 Å². The molecule has 0 spiro atoms. The second-order valence-corrected chi connectivity index (χ2v) is 4.01. The van der Waals surface area contributed by atoms with Crippen LogP contribution in [0.25, 0.3) is 0 Å². The van der Waals surface area contributed by atoms with E-state index in [2.05, 4.69) is 25.9 Å². The van der Waals surface area contributed by atoms with Crippen molar-refractivity contribution in [1.82, 2.24) is 9.78 Å². The normalized spacial score (nSPS) is 13.7. The Morgan fingerprint density at radius 3 is 2.08 bits per heavy atom. The highest BCUT2D eigenvalue weighted by Gasteiger charge is 2.15. The van der Waals surface area contributed by atoms with Crippen LogP contribution in [-0.2, 0) is 0 Å². The van der Waals surface area contributed by atoms with Crippen molar-refractivity contribution in [2.24, 2.45) is 5.92 Å². The van der Waals surface area contributed by atoms with Gasteiger partial charge in [0.2, 0.25) is 0 Å². The van der Waals surface area contributed by atoms with E-state index < -0.39 is 0 Å². The Kier molecular flexibility index (Phi) is 2.64. The minimum atomic E-state index is 0.413. The van der Waals surface area contributed by atoms with Gasteiger partial charge >= 0.3 is 0 Å². The molecule has 0 aliphatic rings. The van der Waals surface area contributed by atoms with Gasteiger partial charge in [0.05, 0.1) is 23.1 Å². The van der Waals surface area contributed by atoms with Crippen LogP contribution in [0.3, 0.4) is 0 Å². The van der Waals surface area contributed by atoms with Crippen molar-refractivity contribution in [2.45, 2.75) is 40.7 Å². The lowest BCUT2D eigenvalue weighted by Crippen LogP contribution is -2.14. The zero-order chi connectivity index (χ0) is 10.2. The molecule has 1 rings (SSSR count). The maximum absolute atomic E-state index is 5.86. The lowest BCUT2D eigenvalue weighted by atomic mass is 10.1. The first kappa shape index (κ1) is 10.1. The lowest BCUT2D eigenvalue weighted by molar-refractivity contribution is 0.368. The van der Waals surface area contributed by atoms with Crippen molar-refractivity contribution in [3.8, 4) is 0 Å². The first-order valence-electron chi connectivity index (χ1n) is 4.76. The second kappa shape index (κ2) is 3.40. The van der Waals surface area contributed by atoms with Crippen molar-refractivity contribution >= 4 is 5.69 Å². The summed E-state index contributed by atoms with van der Waals surface area (Å²) in [5.74, 6) is 0.581. The summed E-state index contributed by atoms with van der Waals surface area (Å²) in [5, 5.41) is 4.42. The second-order valence-electron chi connectivity index (χ2n) is 4.01. The third-order valence-electron chi connectivity index (χ3n) is 2.73. The summed E-state index contributed by atoms with van der Waals surface area (Å²) in [4.78, 5) is 0. The highest BCUT2D eigenvalue weighted by Crippen LogP contribution is 2.23. The minimum Gasteiger partial charge on any atom is -0.396 e. The van der Waals surface area contributed by atoms with Crippen molar-refractivity contribution < 1.29 is 0 Å². The lowest BCUT2D eigenvalue weighted by Gasteiger charge is -2.17. The fraction of sp³-hybridized carbons (Fsp3) is 0.700. The van der Waals surface area contributed by atoms with E-state index >= 15 is 0 Å². The highest BCUT2D eigenvalue weighted by molar-refractivity contribution is 5.46. The fourth-order valence-corrected chi connectivity index (χ4v) is 1.35. The van der Waals surface area contributed by atoms with E-state index in [1.165, 1.54) is 0 Å². The molecule has 1 atom stereocenters. The molecular formula is C10H19N3. The summed E-state index contributed by atoms with van der Waals surface area (Å²) in [6.07, 6.45) is 0. The topological polar surface area (TPSA) is 43.8 Å². The summed E-state index contributed by atoms with van der Waals surface area (Å²) in [6, 6.07) is 0.413. The smallest absolute Gasteiger partial charge is 0.0826 e. The maximum Gasteiger partial charge on any atom is 0.0826 e. The quantitative estimate of drug-likeness (QED) is 0.760. The Bertz CT molecular complexity index is 299. The third kappa shape index (κ3) is 1.69. The van der Waals surface area contributed by atoms with Crippen LogP contribution in [0.5, 0.6) is 0 Å². The van der Waals surface area contributed by atoms with Gasteiger partial charge in [-0.15, -0.1) is 0 Å². The molecule has 0 aromatic carbocycles. The van der Waals surface area contributed by atoms with Crippen LogP contribution in [0.15, 0.2) is 0 Å². The molecule has 1 unspecified atom stereocenters. The molecule has 0 saturated heterocycles. The fourth-order valence-electron chi connectivity index (χ4n) is 1.35. The van der Waals surface area contributed by atoms with Crippen molar-refractivity contribution in [1.29, 1.82) is 0 Å². The minimum absolute atomic E-state index is 0.413. The van der Waals surface area contributed by atoms with E-state index in [0.717, 1.165) is 17.1 Å². The number of nitrogen functional groups attached to an aromatic ring is 1. The molecule has 1 heterocycles. The molecule has 3 nitrogen and oxygen atoms in total. The standard InChI is InChI=1S/C10H19N3/c1-6(2)8(4)13-9(5)10(11)7(3)12-13/h6,8H,11H2,1-5H3. The number of aryl methyl sites for hydroxylation is 1. The van der Waals surface area contributed by atoms with Crippen LogP contribution in [0.1, 0.15) is 38.2 Å². The van der Waals surface area contributed by atoms with Gasteiger partial charge in [-0.05, 0) is 26.7 Å². The molecule has 2 N–H and O–H groups in total. The molecule has 0 aliphatic heterocycles. The summed E-state index contributed by atoms with van der Waals surface area (Å²) < 4.78 is 2.02. The molecule has 0 amide bonds. The van der Waals surface area contributed by atoms with Gasteiger partial charge in [0.1, 0.15) is 0 Å². The average Bonchev–Trinajstić information content (AvgIpc) is 2.31. The molecule has 13 heavy (non-hydrogen) atoms. The number of nitrogens with two attached hydrogens (primary N) is 1. The van der Waals surface area contributed by atoms with Crippen LogP contribution >= 0.6 is 0 Å². The van der Waals surface area contributed by atoms with E-state index in [0.29, 0.717) is 12.0 Å². The molecule has 74 valence electrons. The van der Waals surface area contributed by atoms with Crippen LogP contribution < -0.4 is 5.73 Å². The molecule has 0 radical (unpaired) electrons. The predicted molar refractivity (Wildman–Crippen MR) is 55.7 cm³/mol. The van der Waals surface area contributed by atoms with E-state index in [1.54, 1.807) is 0 Å². The molecule has 0 fully saturated rings. The Labute approximate surface area is 79.9 Å². The van der Waals surface area contributed by atoms with Gasteiger partial charge in [0, 0.05) is 0 Å². The van der Waals surface area contributed by atoms with Gasteiger partial charge < -0.3 is 5.73 Å². The zero-order valence-electron chi connectivity index (χ0n) is 9.13. The number of hydrogen-bond donors (Lipinski definition) is 1. The van der Waals surface area contributed by atoms with E-state index in [9.17, 15) is 0 Å². The molecule has 1 aromatic rings. The van der Waals surface area contributed by atoms with Gasteiger partial charge in [0.15, 0.2) is 0 Å². The van der Waals surface area contributed by atoms with Crippen LogP contribution in [-0.4, -0.2) is 9.78 Å². The van der Waals surface area contributed by atoms with Gasteiger partial charge in [-0.3, -0.25) is 4.68 Å². The van der Waals surface area contributed by atoms with Crippen molar-refractivity contribution in [3.05, 3.63) is 11.4 Å². The van der Waals surface area contributed by atoms with Gasteiger partial charge in [-0.1, -0.05) is 13.8 Å². The Balaban J connectivity index is 3.08. The Hall–Kier alpha value is -0.990. The molecule has 0 saturated carbocycles. The summed E-state index contributed by atoms with van der Waals surface area (Å²) in [5.41, 5.74) is 8.70. The SMILES string of the molecule is Cc1nn(C(C)C(C)C)c(C)c1N. The first-order valence-corrected chi connectivity index (χ1v) is 4.76. The van der Waals surface area contributed by atoms with E-state index in [1.807, 2.05) is 18.5 Å². The summed E-state index contributed by atoms with van der Waals surface area (Å²) in [6.45, 7) is 10.5. The zero-order valence-corrected chi connectivity index (χ0v) is 9.13. The van der Waals surface area contributed by atoms with Gasteiger partial charge in [-0.2, -0.15) is 5.10 Å². The molecule has 3 heteroatoms. The van der Waals surface area contributed by atoms with E-state index in [4.69, 9.17) is 5.73 Å². The number of hydrogen-bond acceptors (Lipinski definition) is 2. The summed E-state index contributed by atoms with van der Waals surface area (Å²) in [7, 11) is 0. The predicted octanol–water partition coefficient (Wildman–Crippen LogP) is 2.30. The Morgan fingerprint density at radius 1 is 1.23 bits per heavy atom. The van der Waals surface area contributed by atoms with Crippen LogP contribution in [0, 0.1) is 19.8 Å². The largest absolute Gasteiger partial charge is 0.396 e.